The van der Waals surface area contributed by atoms with E-state index in [2.05, 4.69) is 10.4 Å². The Morgan fingerprint density at radius 3 is 2.92 bits per heavy atom. The number of aryl methyl sites for hydroxylation is 2. The molecule has 1 aliphatic heterocycles. The Morgan fingerprint density at radius 2 is 2.20 bits per heavy atom. The number of aromatic nitrogens is 3. The maximum absolute atomic E-state index is 13.0. The van der Waals surface area contributed by atoms with Crippen LogP contribution in [0.2, 0.25) is 0 Å². The van der Waals surface area contributed by atoms with Crippen molar-refractivity contribution in [2.24, 2.45) is 7.05 Å². The smallest absolute Gasteiger partial charge is 0.252 e. The van der Waals surface area contributed by atoms with Gasteiger partial charge in [-0.3, -0.25) is 9.48 Å². The third-order valence-corrected chi connectivity index (χ3v) is 5.44. The first-order chi connectivity index (χ1) is 12.1. The van der Waals surface area contributed by atoms with Gasteiger partial charge in [0.05, 0.1) is 27.2 Å². The first kappa shape index (κ1) is 16.2. The molecular weight excluding hydrogens is 336 g/mol. The fourth-order valence-electron chi connectivity index (χ4n) is 3.28. The Balaban J connectivity index is 1.79. The average Bonchev–Trinajstić information content (AvgIpc) is 3.24. The minimum atomic E-state index is -0.0618. The van der Waals surface area contributed by atoms with Crippen LogP contribution in [0.3, 0.4) is 0 Å². The lowest BCUT2D eigenvalue weighted by molar-refractivity contribution is 0.0697. The zero-order valence-corrected chi connectivity index (χ0v) is 15.1. The van der Waals surface area contributed by atoms with Gasteiger partial charge in [0.1, 0.15) is 0 Å². The summed E-state index contributed by atoms with van der Waals surface area (Å²) in [5, 5.41) is 10.5. The SMILES string of the molecule is Cc1nn(C)c2nc(-c3cccs3)cc(C(=O)NC3CCOCC3)c12. The number of hydrogen-bond acceptors (Lipinski definition) is 5. The first-order valence-electron chi connectivity index (χ1n) is 8.40. The van der Waals surface area contributed by atoms with Crippen molar-refractivity contribution in [2.45, 2.75) is 25.8 Å². The minimum Gasteiger partial charge on any atom is -0.381 e. The van der Waals surface area contributed by atoms with Crippen LogP contribution in [0.1, 0.15) is 28.9 Å². The molecule has 1 saturated heterocycles. The molecule has 1 fully saturated rings. The predicted molar refractivity (Wildman–Crippen MR) is 97.9 cm³/mol. The van der Waals surface area contributed by atoms with Crippen molar-refractivity contribution < 1.29 is 9.53 Å². The van der Waals surface area contributed by atoms with Crippen molar-refractivity contribution in [2.75, 3.05) is 13.2 Å². The number of rotatable bonds is 3. The van der Waals surface area contributed by atoms with E-state index in [0.717, 1.165) is 40.1 Å². The van der Waals surface area contributed by atoms with Crippen molar-refractivity contribution in [3.8, 4) is 10.6 Å². The quantitative estimate of drug-likeness (QED) is 0.783. The topological polar surface area (TPSA) is 69.0 Å². The Morgan fingerprint density at radius 1 is 1.40 bits per heavy atom. The molecule has 0 spiro atoms. The van der Waals surface area contributed by atoms with E-state index in [4.69, 9.17) is 9.72 Å². The number of carbonyl (C=O) groups excluding carboxylic acids is 1. The Hall–Kier alpha value is -2.25. The van der Waals surface area contributed by atoms with E-state index in [9.17, 15) is 4.79 Å². The monoisotopic (exact) mass is 356 g/mol. The summed E-state index contributed by atoms with van der Waals surface area (Å²) in [4.78, 5) is 18.8. The molecule has 3 aromatic rings. The maximum Gasteiger partial charge on any atom is 0.252 e. The van der Waals surface area contributed by atoms with Crippen LogP contribution in [0.15, 0.2) is 23.6 Å². The third-order valence-electron chi connectivity index (χ3n) is 4.54. The highest BCUT2D eigenvalue weighted by Gasteiger charge is 2.22. The summed E-state index contributed by atoms with van der Waals surface area (Å²) in [5.74, 6) is -0.0618. The van der Waals surface area contributed by atoms with Crippen LogP contribution in [-0.4, -0.2) is 39.9 Å². The van der Waals surface area contributed by atoms with Crippen molar-refractivity contribution >= 4 is 28.3 Å². The minimum absolute atomic E-state index is 0.0618. The fraction of sp³-hybridized carbons (Fsp3) is 0.389. The van der Waals surface area contributed by atoms with Crippen molar-refractivity contribution in [1.82, 2.24) is 20.1 Å². The molecule has 0 bridgehead atoms. The van der Waals surface area contributed by atoms with Gasteiger partial charge in [0.15, 0.2) is 5.65 Å². The predicted octanol–water partition coefficient (Wildman–Crippen LogP) is 2.91. The number of pyridine rings is 1. The molecule has 1 N–H and O–H groups in total. The standard InChI is InChI=1S/C18H20N4O2S/c1-11-16-13(18(23)19-12-5-7-24-8-6-12)10-14(15-4-3-9-25-15)20-17(16)22(2)21-11/h3-4,9-10,12H,5-8H2,1-2H3,(H,19,23). The van der Waals surface area contributed by atoms with Crippen molar-refractivity contribution in [1.29, 1.82) is 0 Å². The zero-order chi connectivity index (χ0) is 17.4. The molecule has 0 unspecified atom stereocenters. The van der Waals surface area contributed by atoms with Crippen LogP contribution in [0.5, 0.6) is 0 Å². The molecule has 0 aromatic carbocycles. The van der Waals surface area contributed by atoms with Gasteiger partial charge in [-0.05, 0) is 37.3 Å². The molecule has 25 heavy (non-hydrogen) atoms. The van der Waals surface area contributed by atoms with Crippen LogP contribution < -0.4 is 5.32 Å². The largest absolute Gasteiger partial charge is 0.381 e. The van der Waals surface area contributed by atoms with Gasteiger partial charge in [-0.2, -0.15) is 5.10 Å². The van der Waals surface area contributed by atoms with Crippen molar-refractivity contribution in [3.05, 3.63) is 34.8 Å². The van der Waals surface area contributed by atoms with Crippen LogP contribution in [0.4, 0.5) is 0 Å². The summed E-state index contributed by atoms with van der Waals surface area (Å²) in [7, 11) is 1.86. The molecule has 1 amide bonds. The molecule has 4 rings (SSSR count). The second kappa shape index (κ2) is 6.57. The number of nitrogens with one attached hydrogen (secondary N) is 1. The number of nitrogens with zero attached hydrogens (tertiary/aromatic N) is 3. The normalized spacial score (nSPS) is 15.6. The van der Waals surface area contributed by atoms with Gasteiger partial charge < -0.3 is 10.1 Å². The number of thiophene rings is 1. The van der Waals surface area contributed by atoms with Gasteiger partial charge in [-0.25, -0.2) is 4.98 Å². The highest BCUT2D eigenvalue weighted by molar-refractivity contribution is 7.13. The maximum atomic E-state index is 13.0. The van der Waals surface area contributed by atoms with E-state index >= 15 is 0 Å². The number of amides is 1. The molecule has 4 heterocycles. The Labute approximate surface area is 149 Å². The average molecular weight is 356 g/mol. The Bertz CT molecular complexity index is 911. The van der Waals surface area contributed by atoms with E-state index in [-0.39, 0.29) is 11.9 Å². The summed E-state index contributed by atoms with van der Waals surface area (Å²) in [5.41, 5.74) is 3.01. The lowest BCUT2D eigenvalue weighted by Gasteiger charge is -2.23. The molecule has 0 radical (unpaired) electrons. The van der Waals surface area contributed by atoms with E-state index in [1.165, 1.54) is 0 Å². The highest BCUT2D eigenvalue weighted by Crippen LogP contribution is 2.29. The molecular formula is C18H20N4O2S. The van der Waals surface area contributed by atoms with E-state index in [0.29, 0.717) is 18.8 Å². The summed E-state index contributed by atoms with van der Waals surface area (Å²) in [6, 6.07) is 6.05. The van der Waals surface area contributed by atoms with Gasteiger partial charge in [0.2, 0.25) is 0 Å². The van der Waals surface area contributed by atoms with Crippen LogP contribution in [0, 0.1) is 6.92 Å². The number of carbonyl (C=O) groups is 1. The second-order valence-electron chi connectivity index (χ2n) is 6.30. The van der Waals surface area contributed by atoms with Gasteiger partial charge in [-0.15, -0.1) is 11.3 Å². The number of fused-ring (bicyclic) bond motifs is 1. The summed E-state index contributed by atoms with van der Waals surface area (Å²) in [6.45, 7) is 3.31. The molecule has 130 valence electrons. The molecule has 1 aliphatic rings. The highest BCUT2D eigenvalue weighted by atomic mass is 32.1. The molecule has 0 saturated carbocycles. The Kier molecular flexibility index (Phi) is 4.27. The molecule has 6 nitrogen and oxygen atoms in total. The summed E-state index contributed by atoms with van der Waals surface area (Å²) in [6.07, 6.45) is 1.70. The molecule has 0 atom stereocenters. The zero-order valence-electron chi connectivity index (χ0n) is 14.3. The molecule has 0 aliphatic carbocycles. The number of hydrogen-bond donors (Lipinski definition) is 1. The third kappa shape index (κ3) is 3.05. The first-order valence-corrected chi connectivity index (χ1v) is 9.28. The van der Waals surface area contributed by atoms with E-state index in [1.54, 1.807) is 16.0 Å². The van der Waals surface area contributed by atoms with Crippen molar-refractivity contribution in [3.63, 3.8) is 0 Å². The second-order valence-corrected chi connectivity index (χ2v) is 7.25. The van der Waals surface area contributed by atoms with Gasteiger partial charge in [0, 0.05) is 26.3 Å². The lowest BCUT2D eigenvalue weighted by Crippen LogP contribution is -2.39. The lowest BCUT2D eigenvalue weighted by atomic mass is 10.1. The van der Waals surface area contributed by atoms with Gasteiger partial charge in [-0.1, -0.05) is 6.07 Å². The van der Waals surface area contributed by atoms with Gasteiger partial charge >= 0.3 is 0 Å². The van der Waals surface area contributed by atoms with E-state index < -0.39 is 0 Å². The van der Waals surface area contributed by atoms with Gasteiger partial charge in [0.25, 0.3) is 5.91 Å². The number of ether oxygens (including phenoxy) is 1. The van der Waals surface area contributed by atoms with Crippen LogP contribution >= 0.6 is 11.3 Å². The van der Waals surface area contributed by atoms with Crippen LogP contribution in [0.25, 0.3) is 21.6 Å². The molecule has 7 heteroatoms. The fourth-order valence-corrected chi connectivity index (χ4v) is 3.97. The van der Waals surface area contributed by atoms with E-state index in [1.807, 2.05) is 37.6 Å². The summed E-state index contributed by atoms with van der Waals surface area (Å²) >= 11 is 1.61. The molecule has 3 aromatic heterocycles. The van der Waals surface area contributed by atoms with Crippen LogP contribution in [-0.2, 0) is 11.8 Å². The summed E-state index contributed by atoms with van der Waals surface area (Å²) < 4.78 is 7.12.